The van der Waals surface area contributed by atoms with Crippen molar-refractivity contribution in [3.63, 3.8) is 0 Å². The molecule has 0 radical (unpaired) electrons. The van der Waals surface area contributed by atoms with Gasteiger partial charge in [-0.25, -0.2) is 4.79 Å². The average molecular weight is 228 g/mol. The van der Waals surface area contributed by atoms with E-state index in [1.165, 1.54) is 0 Å². The summed E-state index contributed by atoms with van der Waals surface area (Å²) < 4.78 is 10.7. The van der Waals surface area contributed by atoms with Crippen molar-refractivity contribution in [3.8, 4) is 0 Å². The lowest BCUT2D eigenvalue weighted by molar-refractivity contribution is -0.00352. The molecule has 16 heavy (non-hydrogen) atoms. The first-order valence-electron chi connectivity index (χ1n) is 6.01. The monoisotopic (exact) mass is 228 g/mol. The summed E-state index contributed by atoms with van der Waals surface area (Å²) in [4.78, 5) is 13.6. The van der Waals surface area contributed by atoms with E-state index in [9.17, 15) is 4.79 Å². The maximum Gasteiger partial charge on any atom is 0.410 e. The standard InChI is InChI=1S/C11H20N2O3/c1-9-2-3-12-8-10(9)16-11(14)13-4-6-15-7-5-13/h9-10,12H,2-8H2,1H3. The van der Waals surface area contributed by atoms with Crippen molar-refractivity contribution in [2.24, 2.45) is 5.92 Å². The van der Waals surface area contributed by atoms with Crippen LogP contribution >= 0.6 is 0 Å². The van der Waals surface area contributed by atoms with E-state index in [0.29, 0.717) is 32.2 Å². The molecule has 2 saturated heterocycles. The van der Waals surface area contributed by atoms with Crippen LogP contribution < -0.4 is 5.32 Å². The van der Waals surface area contributed by atoms with Gasteiger partial charge in [0.25, 0.3) is 0 Å². The third-order valence-corrected chi connectivity index (χ3v) is 3.28. The second kappa shape index (κ2) is 5.50. The third kappa shape index (κ3) is 2.86. The minimum absolute atomic E-state index is 0.0177. The van der Waals surface area contributed by atoms with E-state index in [1.54, 1.807) is 4.90 Å². The summed E-state index contributed by atoms with van der Waals surface area (Å²) in [6.45, 7) is 6.46. The molecule has 2 atom stereocenters. The molecule has 2 unspecified atom stereocenters. The molecule has 5 heteroatoms. The van der Waals surface area contributed by atoms with Gasteiger partial charge < -0.3 is 19.7 Å². The minimum atomic E-state index is -0.191. The molecule has 2 rings (SSSR count). The fourth-order valence-corrected chi connectivity index (χ4v) is 2.07. The highest BCUT2D eigenvalue weighted by Gasteiger charge is 2.27. The second-order valence-electron chi connectivity index (χ2n) is 4.49. The highest BCUT2D eigenvalue weighted by molar-refractivity contribution is 5.68. The van der Waals surface area contributed by atoms with Crippen LogP contribution in [0.15, 0.2) is 0 Å². The zero-order valence-electron chi connectivity index (χ0n) is 9.78. The van der Waals surface area contributed by atoms with Crippen molar-refractivity contribution in [2.75, 3.05) is 39.4 Å². The van der Waals surface area contributed by atoms with Crippen LogP contribution in [-0.2, 0) is 9.47 Å². The van der Waals surface area contributed by atoms with Crippen LogP contribution in [0.3, 0.4) is 0 Å². The summed E-state index contributed by atoms with van der Waals surface area (Å²) in [5, 5.41) is 3.25. The zero-order valence-corrected chi connectivity index (χ0v) is 9.78. The number of morpholine rings is 1. The fourth-order valence-electron chi connectivity index (χ4n) is 2.07. The molecule has 2 heterocycles. The molecule has 0 aromatic carbocycles. The summed E-state index contributed by atoms with van der Waals surface area (Å²) in [5.41, 5.74) is 0. The molecule has 2 aliphatic rings. The molecule has 0 bridgehead atoms. The van der Waals surface area contributed by atoms with Crippen LogP contribution in [0, 0.1) is 5.92 Å². The number of rotatable bonds is 1. The van der Waals surface area contributed by atoms with Gasteiger partial charge in [0.05, 0.1) is 13.2 Å². The van der Waals surface area contributed by atoms with Crippen LogP contribution in [0.25, 0.3) is 0 Å². The first-order valence-corrected chi connectivity index (χ1v) is 6.01. The van der Waals surface area contributed by atoms with Gasteiger partial charge in [0.15, 0.2) is 0 Å². The van der Waals surface area contributed by atoms with E-state index in [0.717, 1.165) is 19.5 Å². The molecule has 5 nitrogen and oxygen atoms in total. The topological polar surface area (TPSA) is 50.8 Å². The number of carbonyl (C=O) groups excluding carboxylic acids is 1. The Bertz CT molecular complexity index is 241. The van der Waals surface area contributed by atoms with Crippen LogP contribution in [-0.4, -0.2) is 56.5 Å². The van der Waals surface area contributed by atoms with E-state index < -0.39 is 0 Å². The van der Waals surface area contributed by atoms with Gasteiger partial charge in [-0.05, 0) is 18.9 Å². The molecule has 0 aromatic rings. The summed E-state index contributed by atoms with van der Waals surface area (Å²) in [7, 11) is 0. The normalized spacial score (nSPS) is 31.2. The van der Waals surface area contributed by atoms with Crippen molar-refractivity contribution in [2.45, 2.75) is 19.4 Å². The molecule has 0 aliphatic carbocycles. The van der Waals surface area contributed by atoms with Crippen LogP contribution in [0.2, 0.25) is 0 Å². The van der Waals surface area contributed by atoms with Crippen LogP contribution in [0.5, 0.6) is 0 Å². The Morgan fingerprint density at radius 3 is 2.88 bits per heavy atom. The predicted octanol–water partition coefficient (Wildman–Crippen LogP) is 0.453. The zero-order chi connectivity index (χ0) is 11.4. The summed E-state index contributed by atoms with van der Waals surface area (Å²) in [5.74, 6) is 0.450. The second-order valence-corrected chi connectivity index (χ2v) is 4.49. The quantitative estimate of drug-likeness (QED) is 0.708. The van der Waals surface area contributed by atoms with Gasteiger partial charge >= 0.3 is 6.09 Å². The van der Waals surface area contributed by atoms with Gasteiger partial charge in [0, 0.05) is 19.6 Å². The number of nitrogens with zero attached hydrogens (tertiary/aromatic N) is 1. The van der Waals surface area contributed by atoms with Crippen molar-refractivity contribution >= 4 is 6.09 Å². The molecule has 2 aliphatic heterocycles. The Kier molecular flexibility index (Phi) is 4.01. The summed E-state index contributed by atoms with van der Waals surface area (Å²) in [6, 6.07) is 0. The average Bonchev–Trinajstić information content (AvgIpc) is 2.33. The van der Waals surface area contributed by atoms with Crippen molar-refractivity contribution in [1.29, 1.82) is 0 Å². The van der Waals surface area contributed by atoms with E-state index >= 15 is 0 Å². The lowest BCUT2D eigenvalue weighted by Crippen LogP contribution is -2.47. The molecule has 0 aromatic heterocycles. The highest BCUT2D eigenvalue weighted by atomic mass is 16.6. The SMILES string of the molecule is CC1CCNCC1OC(=O)N1CCOCC1. The van der Waals surface area contributed by atoms with Crippen LogP contribution in [0.4, 0.5) is 4.79 Å². The Hall–Kier alpha value is -0.810. The van der Waals surface area contributed by atoms with E-state index in [2.05, 4.69) is 12.2 Å². The highest BCUT2D eigenvalue weighted by Crippen LogP contribution is 2.16. The summed E-state index contributed by atoms with van der Waals surface area (Å²) >= 11 is 0. The van der Waals surface area contributed by atoms with Gasteiger partial charge in [-0.15, -0.1) is 0 Å². The molecule has 92 valence electrons. The smallest absolute Gasteiger partial charge is 0.410 e. The molecule has 0 spiro atoms. The Balaban J connectivity index is 1.80. The van der Waals surface area contributed by atoms with E-state index in [-0.39, 0.29) is 12.2 Å². The molecule has 2 fully saturated rings. The number of hydrogen-bond donors (Lipinski definition) is 1. The van der Waals surface area contributed by atoms with Crippen molar-refractivity contribution < 1.29 is 14.3 Å². The van der Waals surface area contributed by atoms with Gasteiger partial charge in [-0.1, -0.05) is 6.92 Å². The molecular formula is C11H20N2O3. The van der Waals surface area contributed by atoms with Crippen molar-refractivity contribution in [1.82, 2.24) is 10.2 Å². The molecular weight excluding hydrogens is 208 g/mol. The summed E-state index contributed by atoms with van der Waals surface area (Å²) in [6.07, 6.45) is 0.897. The lowest BCUT2D eigenvalue weighted by Gasteiger charge is -2.32. The molecule has 1 N–H and O–H groups in total. The van der Waals surface area contributed by atoms with Gasteiger partial charge in [0.2, 0.25) is 0 Å². The molecule has 1 amide bonds. The predicted molar refractivity (Wildman–Crippen MR) is 59.3 cm³/mol. The van der Waals surface area contributed by atoms with Gasteiger partial charge in [0.1, 0.15) is 6.10 Å². The van der Waals surface area contributed by atoms with E-state index in [4.69, 9.17) is 9.47 Å². The first-order chi connectivity index (χ1) is 7.77. The van der Waals surface area contributed by atoms with E-state index in [1.807, 2.05) is 0 Å². The Morgan fingerprint density at radius 2 is 2.19 bits per heavy atom. The number of carbonyl (C=O) groups is 1. The number of ether oxygens (including phenoxy) is 2. The number of amides is 1. The molecule has 0 saturated carbocycles. The lowest BCUT2D eigenvalue weighted by atomic mass is 9.97. The Morgan fingerprint density at radius 1 is 1.44 bits per heavy atom. The van der Waals surface area contributed by atoms with Gasteiger partial charge in [-0.3, -0.25) is 0 Å². The van der Waals surface area contributed by atoms with Crippen molar-refractivity contribution in [3.05, 3.63) is 0 Å². The fraction of sp³-hybridized carbons (Fsp3) is 0.909. The largest absolute Gasteiger partial charge is 0.444 e. The minimum Gasteiger partial charge on any atom is -0.444 e. The number of hydrogen-bond acceptors (Lipinski definition) is 4. The third-order valence-electron chi connectivity index (χ3n) is 3.28. The number of nitrogens with one attached hydrogen (secondary N) is 1. The van der Waals surface area contributed by atoms with Crippen LogP contribution in [0.1, 0.15) is 13.3 Å². The maximum atomic E-state index is 11.8. The Labute approximate surface area is 96.1 Å². The maximum absolute atomic E-state index is 11.8. The van der Waals surface area contributed by atoms with Gasteiger partial charge in [-0.2, -0.15) is 0 Å². The first kappa shape index (κ1) is 11.7. The number of piperidine rings is 1.